The molecule has 3 aromatic rings. The minimum atomic E-state index is -0.264. The molecular weight excluding hydrogens is 410 g/mol. The lowest BCUT2D eigenvalue weighted by Crippen LogP contribution is -2.39. The van der Waals surface area contributed by atoms with Crippen molar-refractivity contribution < 1.29 is 23.5 Å². The molecule has 0 N–H and O–H groups in total. The summed E-state index contributed by atoms with van der Waals surface area (Å²) in [5.41, 5.74) is 1.64. The molecule has 1 saturated heterocycles. The van der Waals surface area contributed by atoms with Crippen molar-refractivity contribution in [2.75, 3.05) is 20.8 Å². The van der Waals surface area contributed by atoms with Crippen LogP contribution in [0.3, 0.4) is 0 Å². The van der Waals surface area contributed by atoms with E-state index in [1.54, 1.807) is 37.3 Å². The molecule has 2 heterocycles. The SMILES string of the molecule is COc1ccc(C(=O)N2CCCCC2c2noc(COc3ccc(C)cc3)n2)c(OC)c1. The van der Waals surface area contributed by atoms with Gasteiger partial charge in [0.05, 0.1) is 25.8 Å². The summed E-state index contributed by atoms with van der Waals surface area (Å²) in [6.07, 6.45) is 2.67. The van der Waals surface area contributed by atoms with Gasteiger partial charge in [-0.15, -0.1) is 0 Å². The molecule has 8 nitrogen and oxygen atoms in total. The second-order valence-corrected chi connectivity index (χ2v) is 7.72. The summed E-state index contributed by atoms with van der Waals surface area (Å²) < 4.78 is 21.8. The molecule has 1 aliphatic rings. The number of piperidine rings is 1. The molecule has 168 valence electrons. The van der Waals surface area contributed by atoms with E-state index in [4.69, 9.17) is 18.7 Å². The Bertz CT molecular complexity index is 1060. The van der Waals surface area contributed by atoms with Gasteiger partial charge in [0.15, 0.2) is 12.4 Å². The maximum absolute atomic E-state index is 13.4. The Balaban J connectivity index is 1.50. The van der Waals surface area contributed by atoms with Gasteiger partial charge in [0, 0.05) is 12.6 Å². The van der Waals surface area contributed by atoms with Crippen LogP contribution in [-0.4, -0.2) is 41.7 Å². The standard InChI is InChI=1S/C24H27N3O5/c1-16-7-9-17(10-8-16)31-15-22-25-23(26-32-22)20-6-4-5-13-27(20)24(28)19-12-11-18(29-2)14-21(19)30-3/h7-12,14,20H,4-6,13,15H2,1-3H3. The van der Waals surface area contributed by atoms with Gasteiger partial charge in [-0.1, -0.05) is 22.9 Å². The van der Waals surface area contributed by atoms with Gasteiger partial charge in [-0.3, -0.25) is 4.79 Å². The highest BCUT2D eigenvalue weighted by molar-refractivity contribution is 5.97. The van der Waals surface area contributed by atoms with Crippen LogP contribution in [0.2, 0.25) is 0 Å². The van der Waals surface area contributed by atoms with E-state index in [1.165, 1.54) is 0 Å². The number of nitrogens with zero attached hydrogens (tertiary/aromatic N) is 3. The number of aromatic nitrogens is 2. The molecule has 1 unspecified atom stereocenters. The molecule has 1 aliphatic heterocycles. The minimum absolute atomic E-state index is 0.128. The molecule has 0 radical (unpaired) electrons. The largest absolute Gasteiger partial charge is 0.497 e. The number of carbonyl (C=O) groups is 1. The quantitative estimate of drug-likeness (QED) is 0.543. The normalized spacial score (nSPS) is 16.0. The summed E-state index contributed by atoms with van der Waals surface area (Å²) in [7, 11) is 3.12. The van der Waals surface area contributed by atoms with Crippen molar-refractivity contribution in [2.24, 2.45) is 0 Å². The number of carbonyl (C=O) groups excluding carboxylic acids is 1. The molecule has 0 spiro atoms. The van der Waals surface area contributed by atoms with Crippen LogP contribution in [0.15, 0.2) is 47.0 Å². The van der Waals surface area contributed by atoms with Gasteiger partial charge in [-0.25, -0.2) is 0 Å². The molecule has 1 atom stereocenters. The first kappa shape index (κ1) is 21.7. The lowest BCUT2D eigenvalue weighted by molar-refractivity contribution is 0.0593. The van der Waals surface area contributed by atoms with Crippen LogP contribution >= 0.6 is 0 Å². The Morgan fingerprint density at radius 2 is 1.88 bits per heavy atom. The maximum atomic E-state index is 13.4. The molecule has 0 bridgehead atoms. The van der Waals surface area contributed by atoms with Crippen LogP contribution in [0.4, 0.5) is 0 Å². The van der Waals surface area contributed by atoms with Crippen molar-refractivity contribution in [1.82, 2.24) is 15.0 Å². The first-order chi connectivity index (χ1) is 15.6. The van der Waals surface area contributed by atoms with Crippen molar-refractivity contribution in [3.63, 3.8) is 0 Å². The Morgan fingerprint density at radius 1 is 1.09 bits per heavy atom. The lowest BCUT2D eigenvalue weighted by Gasteiger charge is -2.34. The van der Waals surface area contributed by atoms with Gasteiger partial charge < -0.3 is 23.6 Å². The minimum Gasteiger partial charge on any atom is -0.497 e. The predicted molar refractivity (Wildman–Crippen MR) is 117 cm³/mol. The summed E-state index contributed by atoms with van der Waals surface area (Å²) in [5.74, 6) is 2.57. The third kappa shape index (κ3) is 4.69. The number of amides is 1. The molecule has 1 aromatic heterocycles. The molecular formula is C24H27N3O5. The van der Waals surface area contributed by atoms with Crippen LogP contribution in [-0.2, 0) is 6.61 Å². The monoisotopic (exact) mass is 437 g/mol. The van der Waals surface area contributed by atoms with Crippen LogP contribution in [0, 0.1) is 6.92 Å². The van der Waals surface area contributed by atoms with Gasteiger partial charge in [0.25, 0.3) is 11.8 Å². The second kappa shape index (κ2) is 9.72. The number of hydrogen-bond donors (Lipinski definition) is 0. The first-order valence-electron chi connectivity index (χ1n) is 10.6. The van der Waals surface area contributed by atoms with E-state index in [-0.39, 0.29) is 18.6 Å². The Kier molecular flexibility index (Phi) is 6.58. The van der Waals surface area contributed by atoms with E-state index in [2.05, 4.69) is 10.1 Å². The van der Waals surface area contributed by atoms with Crippen LogP contribution in [0.1, 0.15) is 52.9 Å². The van der Waals surface area contributed by atoms with Crippen molar-refractivity contribution in [2.45, 2.75) is 38.8 Å². The van der Waals surface area contributed by atoms with E-state index in [0.717, 1.165) is 30.6 Å². The van der Waals surface area contributed by atoms with Crippen molar-refractivity contribution in [3.05, 3.63) is 65.3 Å². The van der Waals surface area contributed by atoms with Gasteiger partial charge >= 0.3 is 0 Å². The van der Waals surface area contributed by atoms with Gasteiger partial charge in [0.2, 0.25) is 0 Å². The van der Waals surface area contributed by atoms with Crippen LogP contribution in [0.5, 0.6) is 17.2 Å². The molecule has 0 saturated carbocycles. The number of methoxy groups -OCH3 is 2. The summed E-state index contributed by atoms with van der Waals surface area (Å²) >= 11 is 0. The zero-order chi connectivity index (χ0) is 22.5. The first-order valence-corrected chi connectivity index (χ1v) is 10.6. The summed E-state index contributed by atoms with van der Waals surface area (Å²) in [4.78, 5) is 19.7. The summed E-state index contributed by atoms with van der Waals surface area (Å²) in [6.45, 7) is 2.80. The molecule has 1 amide bonds. The topological polar surface area (TPSA) is 86.9 Å². The maximum Gasteiger partial charge on any atom is 0.264 e. The zero-order valence-corrected chi connectivity index (χ0v) is 18.5. The number of likely N-dealkylation sites (tertiary alicyclic amines) is 1. The van der Waals surface area contributed by atoms with Crippen molar-refractivity contribution >= 4 is 5.91 Å². The lowest BCUT2D eigenvalue weighted by atomic mass is 10.00. The van der Waals surface area contributed by atoms with E-state index in [0.29, 0.717) is 35.3 Å². The van der Waals surface area contributed by atoms with E-state index >= 15 is 0 Å². The fraction of sp³-hybridized carbons (Fsp3) is 0.375. The highest BCUT2D eigenvalue weighted by Gasteiger charge is 2.33. The van der Waals surface area contributed by atoms with E-state index < -0.39 is 0 Å². The number of aryl methyl sites for hydroxylation is 1. The fourth-order valence-electron chi connectivity index (χ4n) is 3.81. The Morgan fingerprint density at radius 3 is 2.62 bits per heavy atom. The van der Waals surface area contributed by atoms with Gasteiger partial charge in [-0.2, -0.15) is 4.98 Å². The van der Waals surface area contributed by atoms with Crippen molar-refractivity contribution in [1.29, 1.82) is 0 Å². The molecule has 2 aromatic carbocycles. The number of ether oxygens (including phenoxy) is 3. The average molecular weight is 437 g/mol. The third-order valence-corrected chi connectivity index (χ3v) is 5.57. The number of benzene rings is 2. The Labute approximate surface area is 187 Å². The fourth-order valence-corrected chi connectivity index (χ4v) is 3.81. The average Bonchev–Trinajstić information content (AvgIpc) is 3.31. The van der Waals surface area contributed by atoms with Gasteiger partial charge in [-0.05, 0) is 50.5 Å². The summed E-state index contributed by atoms with van der Waals surface area (Å²) in [5, 5.41) is 4.15. The molecule has 32 heavy (non-hydrogen) atoms. The number of hydrogen-bond acceptors (Lipinski definition) is 7. The molecule has 4 rings (SSSR count). The predicted octanol–water partition coefficient (Wildman–Crippen LogP) is 4.34. The Hall–Kier alpha value is -3.55. The number of rotatable bonds is 7. The van der Waals surface area contributed by atoms with Crippen LogP contribution in [0.25, 0.3) is 0 Å². The third-order valence-electron chi connectivity index (χ3n) is 5.57. The molecule has 1 fully saturated rings. The van der Waals surface area contributed by atoms with Crippen molar-refractivity contribution in [3.8, 4) is 17.2 Å². The smallest absolute Gasteiger partial charge is 0.264 e. The highest BCUT2D eigenvalue weighted by atomic mass is 16.5. The second-order valence-electron chi connectivity index (χ2n) is 7.72. The van der Waals surface area contributed by atoms with E-state index in [1.807, 2.05) is 31.2 Å². The van der Waals surface area contributed by atoms with Gasteiger partial charge in [0.1, 0.15) is 17.2 Å². The zero-order valence-electron chi connectivity index (χ0n) is 18.5. The summed E-state index contributed by atoms with van der Waals surface area (Å²) in [6, 6.07) is 12.7. The van der Waals surface area contributed by atoms with E-state index in [9.17, 15) is 4.79 Å². The molecule has 8 heteroatoms. The van der Waals surface area contributed by atoms with Crippen LogP contribution < -0.4 is 14.2 Å². The highest BCUT2D eigenvalue weighted by Crippen LogP contribution is 2.33. The molecule has 0 aliphatic carbocycles.